The van der Waals surface area contributed by atoms with Crippen LogP contribution in [-0.2, 0) is 10.0 Å². The summed E-state index contributed by atoms with van der Waals surface area (Å²) in [5, 5.41) is 3.90. The Labute approximate surface area is 121 Å². The lowest BCUT2D eigenvalue weighted by atomic mass is 10.2. The minimum Gasteiger partial charge on any atom is -0.207 e. The summed E-state index contributed by atoms with van der Waals surface area (Å²) in [7, 11) is -3.85. The van der Waals surface area contributed by atoms with Crippen LogP contribution in [0, 0.1) is 5.82 Å². The third-order valence-corrected chi connectivity index (χ3v) is 4.63. The van der Waals surface area contributed by atoms with Crippen LogP contribution in [0.25, 0.3) is 11.3 Å². The number of benzene rings is 2. The molecule has 0 atom stereocenters. The Hall–Kier alpha value is -2.47. The van der Waals surface area contributed by atoms with E-state index < -0.39 is 15.8 Å². The fraction of sp³-hybridized carbons (Fsp3) is 0. The summed E-state index contributed by atoms with van der Waals surface area (Å²) in [6, 6.07) is 15.4. The van der Waals surface area contributed by atoms with E-state index in [1.165, 1.54) is 18.3 Å². The number of hydrogen-bond acceptors (Lipinski definition) is 3. The summed E-state index contributed by atoms with van der Waals surface area (Å²) < 4.78 is 39.1. The van der Waals surface area contributed by atoms with Crippen molar-refractivity contribution in [2.75, 3.05) is 0 Å². The highest BCUT2D eigenvalue weighted by Crippen LogP contribution is 2.23. The molecule has 0 fully saturated rings. The first-order valence-electron chi connectivity index (χ1n) is 6.19. The average molecular weight is 302 g/mol. The fourth-order valence-corrected chi connectivity index (χ4v) is 3.29. The molecule has 21 heavy (non-hydrogen) atoms. The van der Waals surface area contributed by atoms with E-state index in [2.05, 4.69) is 5.10 Å². The molecule has 0 aliphatic rings. The second kappa shape index (κ2) is 5.14. The van der Waals surface area contributed by atoms with Gasteiger partial charge in [-0.3, -0.25) is 0 Å². The third-order valence-electron chi connectivity index (χ3n) is 3.02. The molecule has 0 saturated carbocycles. The Balaban J connectivity index is 2.13. The smallest absolute Gasteiger partial charge is 0.207 e. The van der Waals surface area contributed by atoms with Gasteiger partial charge in [0, 0.05) is 5.56 Å². The molecule has 1 aromatic heterocycles. The maximum absolute atomic E-state index is 12.9. The van der Waals surface area contributed by atoms with Gasteiger partial charge in [0.1, 0.15) is 5.82 Å². The highest BCUT2D eigenvalue weighted by molar-refractivity contribution is 7.90. The number of halogens is 1. The van der Waals surface area contributed by atoms with Gasteiger partial charge in [-0.2, -0.15) is 17.6 Å². The maximum Gasteiger partial charge on any atom is 0.283 e. The number of rotatable bonds is 3. The Morgan fingerprint density at radius 1 is 0.905 bits per heavy atom. The van der Waals surface area contributed by atoms with Crippen LogP contribution >= 0.6 is 0 Å². The molecular weight excluding hydrogens is 291 g/mol. The lowest BCUT2D eigenvalue weighted by molar-refractivity contribution is 0.580. The van der Waals surface area contributed by atoms with Crippen molar-refractivity contribution in [1.82, 2.24) is 9.19 Å². The van der Waals surface area contributed by atoms with Gasteiger partial charge in [-0.1, -0.05) is 30.3 Å². The maximum atomic E-state index is 12.9. The van der Waals surface area contributed by atoms with E-state index in [9.17, 15) is 12.8 Å². The van der Waals surface area contributed by atoms with E-state index >= 15 is 0 Å². The van der Waals surface area contributed by atoms with Crippen molar-refractivity contribution >= 4 is 10.0 Å². The largest absolute Gasteiger partial charge is 0.283 e. The van der Waals surface area contributed by atoms with Crippen molar-refractivity contribution in [2.45, 2.75) is 4.90 Å². The summed E-state index contributed by atoms with van der Waals surface area (Å²) >= 11 is 0. The Morgan fingerprint density at radius 3 is 2.24 bits per heavy atom. The van der Waals surface area contributed by atoms with Gasteiger partial charge >= 0.3 is 0 Å². The van der Waals surface area contributed by atoms with Crippen molar-refractivity contribution < 1.29 is 12.8 Å². The molecule has 0 spiro atoms. The molecule has 3 aromatic rings. The van der Waals surface area contributed by atoms with Gasteiger partial charge in [-0.25, -0.2) is 4.39 Å². The van der Waals surface area contributed by atoms with Gasteiger partial charge in [0.2, 0.25) is 0 Å². The van der Waals surface area contributed by atoms with Crippen LogP contribution in [0.4, 0.5) is 4.39 Å². The minimum absolute atomic E-state index is 0.00946. The third kappa shape index (κ3) is 2.45. The van der Waals surface area contributed by atoms with Gasteiger partial charge in [0.15, 0.2) is 0 Å². The molecular formula is C15H11FN2O2S. The molecule has 0 aliphatic heterocycles. The highest BCUT2D eigenvalue weighted by atomic mass is 32.2. The average Bonchev–Trinajstić information content (AvgIpc) is 2.99. The van der Waals surface area contributed by atoms with Crippen LogP contribution in [0.15, 0.2) is 71.8 Å². The standard InChI is InChI=1S/C15H11FN2O2S/c16-13-6-8-14(9-7-13)21(19,20)18-15(10-11-17-18)12-4-2-1-3-5-12/h1-11H. The van der Waals surface area contributed by atoms with Gasteiger partial charge in [-0.05, 0) is 30.3 Å². The second-order valence-electron chi connectivity index (χ2n) is 4.38. The molecule has 0 amide bonds. The van der Waals surface area contributed by atoms with Crippen LogP contribution < -0.4 is 0 Å². The predicted octanol–water partition coefficient (Wildman–Crippen LogP) is 2.93. The van der Waals surface area contributed by atoms with Gasteiger partial charge in [0.05, 0.1) is 16.8 Å². The summed E-state index contributed by atoms with van der Waals surface area (Å²) in [6.07, 6.45) is 1.42. The zero-order chi connectivity index (χ0) is 14.9. The molecule has 0 aliphatic carbocycles. The van der Waals surface area contributed by atoms with E-state index in [4.69, 9.17) is 0 Å². The molecule has 106 valence electrons. The first-order chi connectivity index (χ1) is 10.1. The molecule has 0 radical (unpaired) electrons. The van der Waals surface area contributed by atoms with Crippen LogP contribution in [-0.4, -0.2) is 17.6 Å². The fourth-order valence-electron chi connectivity index (χ4n) is 2.00. The Kier molecular flexibility index (Phi) is 3.31. The number of hydrogen-bond donors (Lipinski definition) is 0. The van der Waals surface area contributed by atoms with Crippen LogP contribution in [0.1, 0.15) is 0 Å². The van der Waals surface area contributed by atoms with Crippen molar-refractivity contribution in [3.8, 4) is 11.3 Å². The second-order valence-corrected chi connectivity index (χ2v) is 6.15. The SMILES string of the molecule is O=S(=O)(c1ccc(F)cc1)n1nccc1-c1ccccc1. The molecule has 4 nitrogen and oxygen atoms in total. The summed E-state index contributed by atoms with van der Waals surface area (Å²) in [6.45, 7) is 0. The molecule has 0 unspecified atom stereocenters. The predicted molar refractivity (Wildman–Crippen MR) is 76.6 cm³/mol. The van der Waals surface area contributed by atoms with E-state index in [0.29, 0.717) is 5.69 Å². The summed E-state index contributed by atoms with van der Waals surface area (Å²) in [4.78, 5) is -0.00946. The Morgan fingerprint density at radius 2 is 1.57 bits per heavy atom. The summed E-state index contributed by atoms with van der Waals surface area (Å²) in [5.74, 6) is -0.488. The molecule has 0 N–H and O–H groups in total. The van der Waals surface area contributed by atoms with Crippen molar-refractivity contribution in [1.29, 1.82) is 0 Å². The number of aromatic nitrogens is 2. The highest BCUT2D eigenvalue weighted by Gasteiger charge is 2.21. The van der Waals surface area contributed by atoms with Crippen LogP contribution in [0.5, 0.6) is 0 Å². The van der Waals surface area contributed by atoms with Crippen molar-refractivity contribution in [3.05, 3.63) is 72.7 Å². The molecule has 6 heteroatoms. The van der Waals surface area contributed by atoms with E-state index in [0.717, 1.165) is 21.8 Å². The van der Waals surface area contributed by atoms with Gasteiger partial charge in [0.25, 0.3) is 10.0 Å². The lowest BCUT2D eigenvalue weighted by Gasteiger charge is -2.08. The van der Waals surface area contributed by atoms with Crippen molar-refractivity contribution in [2.24, 2.45) is 0 Å². The zero-order valence-corrected chi connectivity index (χ0v) is 11.7. The van der Waals surface area contributed by atoms with Crippen LogP contribution in [0.3, 0.4) is 0 Å². The monoisotopic (exact) mass is 302 g/mol. The first-order valence-corrected chi connectivity index (χ1v) is 7.63. The van der Waals surface area contributed by atoms with Crippen LogP contribution in [0.2, 0.25) is 0 Å². The van der Waals surface area contributed by atoms with E-state index in [1.807, 2.05) is 18.2 Å². The molecule has 3 rings (SSSR count). The van der Waals surface area contributed by atoms with E-state index in [-0.39, 0.29) is 4.90 Å². The normalized spacial score (nSPS) is 11.5. The van der Waals surface area contributed by atoms with Crippen molar-refractivity contribution in [3.63, 3.8) is 0 Å². The van der Waals surface area contributed by atoms with E-state index in [1.54, 1.807) is 18.2 Å². The Bertz CT molecular complexity index is 856. The topological polar surface area (TPSA) is 52.0 Å². The number of nitrogens with zero attached hydrogens (tertiary/aromatic N) is 2. The molecule has 1 heterocycles. The molecule has 2 aromatic carbocycles. The van der Waals surface area contributed by atoms with Gasteiger partial charge in [-0.15, -0.1) is 0 Å². The first kappa shape index (κ1) is 13.5. The zero-order valence-electron chi connectivity index (χ0n) is 10.8. The quantitative estimate of drug-likeness (QED) is 0.747. The van der Waals surface area contributed by atoms with Gasteiger partial charge < -0.3 is 0 Å². The molecule has 0 saturated heterocycles. The molecule has 0 bridgehead atoms. The lowest BCUT2D eigenvalue weighted by Crippen LogP contribution is -2.15. The summed E-state index contributed by atoms with van der Waals surface area (Å²) in [5.41, 5.74) is 1.20. The minimum atomic E-state index is -3.85.